The highest BCUT2D eigenvalue weighted by Crippen LogP contribution is 2.28. The lowest BCUT2D eigenvalue weighted by molar-refractivity contribution is 0.111. The average molecular weight is 377 g/mol. The molecule has 0 aromatic carbocycles. The van der Waals surface area contributed by atoms with Crippen molar-refractivity contribution in [3.05, 3.63) is 45.8 Å². The van der Waals surface area contributed by atoms with Crippen LogP contribution in [0.3, 0.4) is 0 Å². The predicted molar refractivity (Wildman–Crippen MR) is 88.3 cm³/mol. The molecule has 0 aliphatic carbocycles. The standard InChI is InChI=1S/C15H13BrN4O3/c1-17-11-4-6-14(20-15(11)18-7-8-22-2)23-13-5-3-10(16)12(9-21)19-13/h3-6,9H,7-8H2,2H3,(H,18,20). The van der Waals surface area contributed by atoms with E-state index in [1.54, 1.807) is 31.4 Å². The molecule has 23 heavy (non-hydrogen) atoms. The minimum absolute atomic E-state index is 0.235. The summed E-state index contributed by atoms with van der Waals surface area (Å²) in [6.45, 7) is 8.15. The molecule has 7 nitrogen and oxygen atoms in total. The topological polar surface area (TPSA) is 77.7 Å². The highest BCUT2D eigenvalue weighted by Gasteiger charge is 2.09. The van der Waals surface area contributed by atoms with Gasteiger partial charge in [-0.15, -0.1) is 0 Å². The molecule has 2 rings (SSSR count). The molecule has 0 atom stereocenters. The minimum Gasteiger partial charge on any atom is -0.421 e. The fraction of sp³-hybridized carbons (Fsp3) is 0.200. The first kappa shape index (κ1) is 16.9. The maximum atomic E-state index is 10.9. The molecule has 2 aromatic rings. The second-order valence-electron chi connectivity index (χ2n) is 4.29. The molecule has 0 saturated heterocycles. The van der Waals surface area contributed by atoms with E-state index in [4.69, 9.17) is 16.0 Å². The number of aldehydes is 1. The van der Waals surface area contributed by atoms with Crippen molar-refractivity contribution in [3.8, 4) is 11.8 Å². The van der Waals surface area contributed by atoms with Crippen molar-refractivity contribution in [2.24, 2.45) is 0 Å². The van der Waals surface area contributed by atoms with Gasteiger partial charge in [-0.25, -0.2) is 14.8 Å². The summed E-state index contributed by atoms with van der Waals surface area (Å²) in [5.41, 5.74) is 0.615. The van der Waals surface area contributed by atoms with Crippen molar-refractivity contribution >= 4 is 33.7 Å². The number of anilines is 1. The smallest absolute Gasteiger partial charge is 0.228 e. The Hall–Kier alpha value is -2.50. The molecule has 2 heterocycles. The molecular formula is C15H13BrN4O3. The molecular weight excluding hydrogens is 364 g/mol. The van der Waals surface area contributed by atoms with Gasteiger partial charge in [0.2, 0.25) is 17.4 Å². The predicted octanol–water partition coefficient (Wildman–Crippen LogP) is 3.45. The maximum Gasteiger partial charge on any atom is 0.228 e. The van der Waals surface area contributed by atoms with Gasteiger partial charge in [0.25, 0.3) is 0 Å². The van der Waals surface area contributed by atoms with Gasteiger partial charge in [-0.2, -0.15) is 0 Å². The summed E-state index contributed by atoms with van der Waals surface area (Å²) in [6.07, 6.45) is 0.629. The Morgan fingerprint density at radius 2 is 2.04 bits per heavy atom. The molecule has 0 radical (unpaired) electrons. The lowest BCUT2D eigenvalue weighted by Crippen LogP contribution is -2.09. The fourth-order valence-electron chi connectivity index (χ4n) is 1.67. The van der Waals surface area contributed by atoms with Gasteiger partial charge >= 0.3 is 0 Å². The van der Waals surface area contributed by atoms with Gasteiger partial charge in [-0.05, 0) is 34.1 Å². The first-order chi connectivity index (χ1) is 11.2. The summed E-state index contributed by atoms with van der Waals surface area (Å²) in [4.78, 5) is 22.6. The van der Waals surface area contributed by atoms with Crippen LogP contribution in [0.25, 0.3) is 4.85 Å². The van der Waals surface area contributed by atoms with E-state index in [0.29, 0.717) is 35.4 Å². The van der Waals surface area contributed by atoms with E-state index in [1.807, 2.05) is 0 Å². The number of ether oxygens (including phenoxy) is 2. The van der Waals surface area contributed by atoms with Gasteiger partial charge < -0.3 is 14.8 Å². The lowest BCUT2D eigenvalue weighted by atomic mass is 10.3. The second kappa shape index (κ2) is 8.22. The summed E-state index contributed by atoms with van der Waals surface area (Å²) >= 11 is 3.22. The molecule has 1 N–H and O–H groups in total. The molecule has 2 aromatic heterocycles. The van der Waals surface area contributed by atoms with Crippen LogP contribution in [0.4, 0.5) is 11.5 Å². The van der Waals surface area contributed by atoms with Gasteiger partial charge in [0.05, 0.1) is 13.2 Å². The number of halogens is 1. The number of hydrogen-bond acceptors (Lipinski definition) is 6. The van der Waals surface area contributed by atoms with Crippen LogP contribution in [0.15, 0.2) is 28.7 Å². The largest absolute Gasteiger partial charge is 0.421 e. The van der Waals surface area contributed by atoms with Crippen molar-refractivity contribution < 1.29 is 14.3 Å². The van der Waals surface area contributed by atoms with E-state index in [1.165, 1.54) is 0 Å². The van der Waals surface area contributed by atoms with E-state index >= 15 is 0 Å². The molecule has 0 amide bonds. The van der Waals surface area contributed by atoms with Crippen LogP contribution in [0, 0.1) is 6.57 Å². The third-order valence-electron chi connectivity index (χ3n) is 2.74. The Labute approximate surface area is 141 Å². The monoisotopic (exact) mass is 376 g/mol. The Morgan fingerprint density at radius 3 is 2.74 bits per heavy atom. The third kappa shape index (κ3) is 4.48. The summed E-state index contributed by atoms with van der Waals surface area (Å²) in [5.74, 6) is 0.910. The highest BCUT2D eigenvalue weighted by molar-refractivity contribution is 9.10. The number of carbonyl (C=O) groups excluding carboxylic acids is 1. The molecule has 0 aliphatic rings. The van der Waals surface area contributed by atoms with Gasteiger partial charge in [-0.1, -0.05) is 0 Å². The van der Waals surface area contributed by atoms with Crippen LogP contribution in [0.5, 0.6) is 11.8 Å². The third-order valence-corrected chi connectivity index (χ3v) is 3.41. The van der Waals surface area contributed by atoms with Crippen molar-refractivity contribution in [1.82, 2.24) is 9.97 Å². The fourth-order valence-corrected chi connectivity index (χ4v) is 1.98. The molecule has 0 unspecified atom stereocenters. The van der Waals surface area contributed by atoms with Crippen LogP contribution in [0.1, 0.15) is 10.5 Å². The van der Waals surface area contributed by atoms with Gasteiger partial charge in [0.15, 0.2) is 6.29 Å². The SMILES string of the molecule is [C-]#[N+]c1ccc(Oc2ccc(Br)c(C=O)n2)nc1NCCOC. The number of methoxy groups -OCH3 is 1. The Bertz CT molecular complexity index is 746. The number of nitrogens with one attached hydrogen (secondary N) is 1. The molecule has 0 spiro atoms. The van der Waals surface area contributed by atoms with Gasteiger partial charge in [0.1, 0.15) is 11.5 Å². The zero-order valence-electron chi connectivity index (χ0n) is 12.2. The van der Waals surface area contributed by atoms with Crippen molar-refractivity contribution in [2.45, 2.75) is 0 Å². The van der Waals surface area contributed by atoms with Crippen LogP contribution in [-0.2, 0) is 4.74 Å². The van der Waals surface area contributed by atoms with Crippen LogP contribution in [-0.4, -0.2) is 36.5 Å². The summed E-state index contributed by atoms with van der Waals surface area (Å²) in [6, 6.07) is 6.44. The second-order valence-corrected chi connectivity index (χ2v) is 5.14. The Kier molecular flexibility index (Phi) is 6.02. The maximum absolute atomic E-state index is 10.9. The van der Waals surface area contributed by atoms with E-state index in [9.17, 15) is 4.79 Å². The van der Waals surface area contributed by atoms with Crippen molar-refractivity contribution in [1.29, 1.82) is 0 Å². The Balaban J connectivity index is 2.21. The molecule has 0 fully saturated rings. The van der Waals surface area contributed by atoms with E-state index in [0.717, 1.165) is 0 Å². The van der Waals surface area contributed by atoms with Crippen LogP contribution >= 0.6 is 15.9 Å². The first-order valence-corrected chi connectivity index (χ1v) is 7.38. The summed E-state index contributed by atoms with van der Waals surface area (Å²) < 4.78 is 11.1. The number of hydrogen-bond donors (Lipinski definition) is 1. The number of rotatable bonds is 7. The number of aromatic nitrogens is 2. The number of pyridine rings is 2. The zero-order valence-corrected chi connectivity index (χ0v) is 13.8. The summed E-state index contributed by atoms with van der Waals surface area (Å²) in [7, 11) is 1.59. The van der Waals surface area contributed by atoms with Gasteiger partial charge in [-0.3, -0.25) is 4.79 Å². The van der Waals surface area contributed by atoms with Gasteiger partial charge in [0, 0.05) is 24.2 Å². The molecule has 0 saturated carbocycles. The van der Waals surface area contributed by atoms with E-state index in [-0.39, 0.29) is 17.5 Å². The van der Waals surface area contributed by atoms with Crippen molar-refractivity contribution in [3.63, 3.8) is 0 Å². The first-order valence-electron chi connectivity index (χ1n) is 6.59. The quantitative estimate of drug-likeness (QED) is 0.453. The van der Waals surface area contributed by atoms with Crippen molar-refractivity contribution in [2.75, 3.05) is 25.6 Å². The minimum atomic E-state index is 0.235. The molecule has 0 bridgehead atoms. The molecule has 8 heteroatoms. The molecule has 118 valence electrons. The van der Waals surface area contributed by atoms with E-state index < -0.39 is 0 Å². The highest BCUT2D eigenvalue weighted by atomic mass is 79.9. The molecule has 0 aliphatic heterocycles. The normalized spacial score (nSPS) is 9.96. The number of carbonyl (C=O) groups is 1. The Morgan fingerprint density at radius 1 is 1.30 bits per heavy atom. The lowest BCUT2D eigenvalue weighted by Gasteiger charge is -2.10. The summed E-state index contributed by atoms with van der Waals surface area (Å²) in [5, 5.41) is 3.01. The van der Waals surface area contributed by atoms with Crippen LogP contribution < -0.4 is 10.1 Å². The number of nitrogens with zero attached hydrogens (tertiary/aromatic N) is 3. The average Bonchev–Trinajstić information content (AvgIpc) is 2.57. The van der Waals surface area contributed by atoms with E-state index in [2.05, 4.69) is 36.1 Å². The zero-order chi connectivity index (χ0) is 16.7. The van der Waals surface area contributed by atoms with Crippen LogP contribution in [0.2, 0.25) is 0 Å².